The summed E-state index contributed by atoms with van der Waals surface area (Å²) in [7, 11) is -1.79. The minimum absolute atomic E-state index is 0.0296. The van der Waals surface area contributed by atoms with Crippen LogP contribution in [-0.4, -0.2) is 32.8 Å². The molecule has 2 aliphatic rings. The molecule has 0 aromatic heterocycles. The molecule has 5 nitrogen and oxygen atoms in total. The van der Waals surface area contributed by atoms with Crippen molar-refractivity contribution in [1.29, 1.82) is 0 Å². The Hall–Kier alpha value is -2.18. The van der Waals surface area contributed by atoms with Crippen molar-refractivity contribution in [2.24, 2.45) is 5.92 Å². The van der Waals surface area contributed by atoms with Crippen LogP contribution in [-0.2, 0) is 16.4 Å². The summed E-state index contributed by atoms with van der Waals surface area (Å²) in [6, 6.07) is 14.6. The third-order valence-electron chi connectivity index (χ3n) is 5.54. The lowest BCUT2D eigenvalue weighted by atomic mass is 10.1. The van der Waals surface area contributed by atoms with E-state index < -0.39 is 10.0 Å². The number of hydrogen-bond acceptors (Lipinski definition) is 3. The van der Waals surface area contributed by atoms with E-state index in [4.69, 9.17) is 0 Å². The van der Waals surface area contributed by atoms with Gasteiger partial charge in [0.05, 0.1) is 10.9 Å². The van der Waals surface area contributed by atoms with Crippen molar-refractivity contribution in [1.82, 2.24) is 9.62 Å². The lowest BCUT2D eigenvalue weighted by Gasteiger charge is -2.25. The lowest BCUT2D eigenvalue weighted by molar-refractivity contribution is 0.0730. The molecule has 1 unspecified atom stereocenters. The average Bonchev–Trinajstić information content (AvgIpc) is 3.43. The van der Waals surface area contributed by atoms with Gasteiger partial charge in [-0.3, -0.25) is 4.79 Å². The SMILES string of the molecule is CN(C(=O)c1cccc(S(=O)(=O)NCC2CC2)c1)C1CCc2ccccc21. The molecule has 1 amide bonds. The van der Waals surface area contributed by atoms with Gasteiger partial charge in [-0.05, 0) is 60.9 Å². The lowest BCUT2D eigenvalue weighted by Crippen LogP contribution is -2.30. The summed E-state index contributed by atoms with van der Waals surface area (Å²) in [4.78, 5) is 14.9. The van der Waals surface area contributed by atoms with Gasteiger partial charge in [-0.1, -0.05) is 30.3 Å². The zero-order chi connectivity index (χ0) is 19.0. The van der Waals surface area contributed by atoms with Crippen molar-refractivity contribution in [3.63, 3.8) is 0 Å². The first kappa shape index (κ1) is 18.2. The number of sulfonamides is 1. The average molecular weight is 385 g/mol. The van der Waals surface area contributed by atoms with Crippen LogP contribution in [0.15, 0.2) is 53.4 Å². The van der Waals surface area contributed by atoms with E-state index >= 15 is 0 Å². The molecule has 2 aliphatic carbocycles. The van der Waals surface area contributed by atoms with E-state index in [0.717, 1.165) is 25.7 Å². The molecule has 1 fully saturated rings. The number of carbonyl (C=O) groups is 1. The number of aryl methyl sites for hydroxylation is 1. The van der Waals surface area contributed by atoms with Gasteiger partial charge in [-0.15, -0.1) is 0 Å². The Morgan fingerprint density at radius 1 is 1.11 bits per heavy atom. The summed E-state index contributed by atoms with van der Waals surface area (Å²) in [5, 5.41) is 0. The molecule has 27 heavy (non-hydrogen) atoms. The molecule has 0 radical (unpaired) electrons. The smallest absolute Gasteiger partial charge is 0.254 e. The summed E-state index contributed by atoms with van der Waals surface area (Å²) < 4.78 is 27.6. The van der Waals surface area contributed by atoms with Gasteiger partial charge < -0.3 is 4.90 Å². The van der Waals surface area contributed by atoms with Crippen molar-refractivity contribution in [2.75, 3.05) is 13.6 Å². The van der Waals surface area contributed by atoms with E-state index in [2.05, 4.69) is 16.9 Å². The van der Waals surface area contributed by atoms with Crippen molar-refractivity contribution in [3.05, 3.63) is 65.2 Å². The van der Waals surface area contributed by atoms with Gasteiger partial charge >= 0.3 is 0 Å². The van der Waals surface area contributed by atoms with Gasteiger partial charge in [0.15, 0.2) is 0 Å². The Morgan fingerprint density at radius 2 is 1.89 bits per heavy atom. The molecule has 1 atom stereocenters. The number of nitrogens with one attached hydrogen (secondary N) is 1. The Bertz CT molecular complexity index is 967. The number of hydrogen-bond donors (Lipinski definition) is 1. The molecule has 0 spiro atoms. The second-order valence-electron chi connectivity index (χ2n) is 7.49. The second kappa shape index (κ2) is 7.09. The maximum Gasteiger partial charge on any atom is 0.254 e. The highest BCUT2D eigenvalue weighted by atomic mass is 32.2. The van der Waals surface area contributed by atoms with Gasteiger partial charge in [0.2, 0.25) is 10.0 Å². The van der Waals surface area contributed by atoms with E-state index in [1.165, 1.54) is 23.3 Å². The predicted octanol–water partition coefficient (Wildman–Crippen LogP) is 3.13. The maximum atomic E-state index is 13.0. The Kier molecular flexibility index (Phi) is 4.78. The highest BCUT2D eigenvalue weighted by molar-refractivity contribution is 7.89. The Labute approximate surface area is 160 Å². The standard InChI is InChI=1S/C21H24N2O3S/c1-23(20-12-11-16-5-2-3-8-19(16)20)21(24)17-6-4-7-18(13-17)27(25,26)22-14-15-9-10-15/h2-8,13,15,20,22H,9-12,14H2,1H3. The Balaban J connectivity index is 1.54. The summed E-state index contributed by atoms with van der Waals surface area (Å²) in [5.74, 6) is 0.300. The molecule has 0 saturated heterocycles. The first-order chi connectivity index (χ1) is 13.0. The monoisotopic (exact) mass is 384 g/mol. The van der Waals surface area contributed by atoms with Crippen molar-refractivity contribution in [3.8, 4) is 0 Å². The maximum absolute atomic E-state index is 13.0. The van der Waals surface area contributed by atoms with Gasteiger partial charge in [0, 0.05) is 19.2 Å². The summed E-state index contributed by atoms with van der Waals surface area (Å²) in [6.07, 6.45) is 4.00. The largest absolute Gasteiger partial charge is 0.335 e. The van der Waals surface area contributed by atoms with Crippen molar-refractivity contribution >= 4 is 15.9 Å². The molecule has 1 saturated carbocycles. The van der Waals surface area contributed by atoms with Crippen molar-refractivity contribution < 1.29 is 13.2 Å². The second-order valence-corrected chi connectivity index (χ2v) is 9.26. The number of benzene rings is 2. The van der Waals surface area contributed by atoms with Crippen LogP contribution in [0.3, 0.4) is 0 Å². The first-order valence-electron chi connectivity index (χ1n) is 9.40. The van der Waals surface area contributed by atoms with Crippen molar-refractivity contribution in [2.45, 2.75) is 36.6 Å². The third kappa shape index (κ3) is 3.77. The van der Waals surface area contributed by atoms with E-state index in [9.17, 15) is 13.2 Å². The molecular weight excluding hydrogens is 360 g/mol. The van der Waals surface area contributed by atoms with Gasteiger partial charge in [0.25, 0.3) is 5.91 Å². The fourth-order valence-corrected chi connectivity index (χ4v) is 4.87. The fraction of sp³-hybridized carbons (Fsp3) is 0.381. The molecule has 0 bridgehead atoms. The van der Waals surface area contributed by atoms with E-state index in [0.29, 0.717) is 18.0 Å². The van der Waals surface area contributed by atoms with Crippen LogP contribution in [0.1, 0.15) is 46.8 Å². The Morgan fingerprint density at radius 3 is 2.67 bits per heavy atom. The molecule has 4 rings (SSSR count). The zero-order valence-corrected chi connectivity index (χ0v) is 16.2. The van der Waals surface area contributed by atoms with Crippen LogP contribution in [0.2, 0.25) is 0 Å². The zero-order valence-electron chi connectivity index (χ0n) is 15.4. The minimum Gasteiger partial charge on any atom is -0.335 e. The van der Waals surface area contributed by atoms with Gasteiger partial charge in [-0.25, -0.2) is 13.1 Å². The summed E-state index contributed by atoms with van der Waals surface area (Å²) in [6.45, 7) is 0.471. The van der Waals surface area contributed by atoms with Crippen LogP contribution >= 0.6 is 0 Å². The van der Waals surface area contributed by atoms with E-state index in [-0.39, 0.29) is 16.8 Å². The molecule has 0 aliphatic heterocycles. The molecule has 142 valence electrons. The number of amides is 1. The van der Waals surface area contributed by atoms with Crippen LogP contribution in [0.25, 0.3) is 0 Å². The topological polar surface area (TPSA) is 66.5 Å². The van der Waals surface area contributed by atoms with E-state index in [1.54, 1.807) is 24.1 Å². The number of fused-ring (bicyclic) bond motifs is 1. The molecule has 2 aromatic rings. The molecule has 2 aromatic carbocycles. The summed E-state index contributed by atoms with van der Waals surface area (Å²) >= 11 is 0. The molecular formula is C21H24N2O3S. The highest BCUT2D eigenvalue weighted by Gasteiger charge is 2.29. The molecule has 6 heteroatoms. The minimum atomic E-state index is -3.59. The normalized spacial score (nSPS) is 18.9. The molecule has 0 heterocycles. The van der Waals surface area contributed by atoms with Crippen LogP contribution in [0.4, 0.5) is 0 Å². The van der Waals surface area contributed by atoms with Crippen LogP contribution in [0.5, 0.6) is 0 Å². The summed E-state index contributed by atoms with van der Waals surface area (Å²) in [5.41, 5.74) is 2.86. The van der Waals surface area contributed by atoms with Gasteiger partial charge in [0.1, 0.15) is 0 Å². The number of nitrogens with zero attached hydrogens (tertiary/aromatic N) is 1. The van der Waals surface area contributed by atoms with E-state index in [1.807, 2.05) is 12.1 Å². The fourth-order valence-electron chi connectivity index (χ4n) is 3.71. The van der Waals surface area contributed by atoms with Gasteiger partial charge in [-0.2, -0.15) is 0 Å². The highest BCUT2D eigenvalue weighted by Crippen LogP contribution is 2.35. The van der Waals surface area contributed by atoms with Crippen LogP contribution < -0.4 is 4.72 Å². The number of rotatable bonds is 6. The quantitative estimate of drug-likeness (QED) is 0.832. The van der Waals surface area contributed by atoms with Crippen LogP contribution in [0, 0.1) is 5.92 Å². The first-order valence-corrected chi connectivity index (χ1v) is 10.9. The predicted molar refractivity (Wildman–Crippen MR) is 104 cm³/mol. The number of carbonyl (C=O) groups excluding carboxylic acids is 1. The molecule has 1 N–H and O–H groups in total. The third-order valence-corrected chi connectivity index (χ3v) is 6.96.